The first-order chi connectivity index (χ1) is 18.8. The van der Waals surface area contributed by atoms with Crippen LogP contribution in [-0.2, 0) is 37.3 Å². The largest absolute Gasteiger partial charge is 0.468 e. The van der Waals surface area contributed by atoms with Crippen molar-refractivity contribution in [2.24, 2.45) is 0 Å². The number of benzene rings is 1. The van der Waals surface area contributed by atoms with Crippen LogP contribution < -0.4 is 0 Å². The SMILES string of the molecule is CCCCc1ccc(C2CCN(S(=O)(=O)C3(C(=O)OC)CCN(C(=O)OCc4ccccc4)CC3)CC2)nc1. The molecule has 39 heavy (non-hydrogen) atoms. The molecule has 0 N–H and O–H groups in total. The van der Waals surface area contributed by atoms with E-state index in [2.05, 4.69) is 24.0 Å². The van der Waals surface area contributed by atoms with E-state index < -0.39 is 26.8 Å². The number of ether oxygens (including phenoxy) is 2. The fourth-order valence-corrected chi connectivity index (χ4v) is 7.64. The summed E-state index contributed by atoms with van der Waals surface area (Å²) >= 11 is 0. The summed E-state index contributed by atoms with van der Waals surface area (Å²) in [5, 5.41) is 0. The van der Waals surface area contributed by atoms with Gasteiger partial charge >= 0.3 is 12.1 Å². The van der Waals surface area contributed by atoms with Crippen molar-refractivity contribution >= 4 is 22.1 Å². The van der Waals surface area contributed by atoms with Gasteiger partial charge in [0.05, 0.1) is 7.11 Å². The number of amides is 1. The first kappa shape index (κ1) is 29.0. The smallest absolute Gasteiger partial charge is 0.410 e. The van der Waals surface area contributed by atoms with E-state index in [9.17, 15) is 18.0 Å². The van der Waals surface area contributed by atoms with Gasteiger partial charge in [-0.3, -0.25) is 9.78 Å². The summed E-state index contributed by atoms with van der Waals surface area (Å²) in [6, 6.07) is 13.5. The molecule has 2 aliphatic rings. The lowest BCUT2D eigenvalue weighted by Crippen LogP contribution is -2.60. The van der Waals surface area contributed by atoms with Crippen LogP contribution in [0.15, 0.2) is 48.7 Å². The lowest BCUT2D eigenvalue weighted by molar-refractivity contribution is -0.145. The van der Waals surface area contributed by atoms with Crippen LogP contribution in [0, 0.1) is 0 Å². The molecule has 9 nitrogen and oxygen atoms in total. The standard InChI is InChI=1S/C29H39N3O6S/c1-3-4-8-23-11-12-26(30-21-23)25-13-17-32(18-14-25)39(35,36)29(27(33)37-2)15-19-31(20-16-29)28(34)38-22-24-9-6-5-7-10-24/h5-7,9-12,21,25H,3-4,8,13-20,22H2,1-2H3. The molecule has 2 fully saturated rings. The van der Waals surface area contributed by atoms with Gasteiger partial charge in [-0.05, 0) is 55.7 Å². The number of nitrogens with zero attached hydrogens (tertiary/aromatic N) is 3. The number of aromatic nitrogens is 1. The number of piperidine rings is 2. The highest BCUT2D eigenvalue weighted by Gasteiger charge is 2.56. The summed E-state index contributed by atoms with van der Waals surface area (Å²) in [5.74, 6) is -0.599. The third kappa shape index (κ3) is 6.44. The Hall–Kier alpha value is -2.98. The number of likely N-dealkylation sites (tertiary alicyclic amines) is 1. The molecule has 1 aromatic heterocycles. The zero-order valence-corrected chi connectivity index (χ0v) is 23.7. The van der Waals surface area contributed by atoms with E-state index >= 15 is 0 Å². The lowest BCUT2D eigenvalue weighted by atomic mass is 9.93. The number of sulfonamides is 1. The topological polar surface area (TPSA) is 106 Å². The monoisotopic (exact) mass is 557 g/mol. The summed E-state index contributed by atoms with van der Waals surface area (Å²) in [7, 11) is -2.81. The van der Waals surface area contributed by atoms with Crippen molar-refractivity contribution in [1.82, 2.24) is 14.2 Å². The molecule has 1 aromatic carbocycles. The van der Waals surface area contributed by atoms with Gasteiger partial charge in [-0.2, -0.15) is 0 Å². The molecule has 0 atom stereocenters. The molecule has 2 saturated heterocycles. The molecule has 1 amide bonds. The molecule has 3 heterocycles. The van der Waals surface area contributed by atoms with Gasteiger partial charge in [0.15, 0.2) is 4.75 Å². The first-order valence-corrected chi connectivity index (χ1v) is 15.2. The molecule has 2 aliphatic heterocycles. The van der Waals surface area contributed by atoms with Crippen LogP contribution in [0.4, 0.5) is 4.79 Å². The Bertz CT molecular complexity index is 1200. The van der Waals surface area contributed by atoms with Crippen LogP contribution >= 0.6 is 0 Å². The molecule has 0 unspecified atom stereocenters. The third-order valence-electron chi connectivity index (χ3n) is 7.96. The predicted octanol–water partition coefficient (Wildman–Crippen LogP) is 4.28. The second-order valence-corrected chi connectivity index (χ2v) is 12.6. The third-order valence-corrected chi connectivity index (χ3v) is 10.6. The highest BCUT2D eigenvalue weighted by molar-refractivity contribution is 7.91. The van der Waals surface area contributed by atoms with Crippen molar-refractivity contribution in [3.63, 3.8) is 0 Å². The second-order valence-electron chi connectivity index (χ2n) is 10.4. The second kappa shape index (κ2) is 12.9. The van der Waals surface area contributed by atoms with Crippen molar-refractivity contribution in [1.29, 1.82) is 0 Å². The molecular formula is C29H39N3O6S. The van der Waals surface area contributed by atoms with E-state index in [4.69, 9.17) is 9.47 Å². The highest BCUT2D eigenvalue weighted by atomic mass is 32.2. The Labute approximate surface area is 231 Å². The minimum absolute atomic E-state index is 0.0385. The quantitative estimate of drug-likeness (QED) is 0.424. The van der Waals surface area contributed by atoms with E-state index in [0.717, 1.165) is 30.5 Å². The van der Waals surface area contributed by atoms with Crippen LogP contribution in [0.5, 0.6) is 0 Å². The van der Waals surface area contributed by atoms with Crippen LogP contribution in [0.1, 0.15) is 68.2 Å². The number of hydrogen-bond donors (Lipinski definition) is 0. The molecule has 0 bridgehead atoms. The minimum Gasteiger partial charge on any atom is -0.468 e. The number of pyridine rings is 1. The summed E-state index contributed by atoms with van der Waals surface area (Å²) in [6.07, 6.45) is 5.88. The van der Waals surface area contributed by atoms with Crippen LogP contribution in [0.25, 0.3) is 0 Å². The van der Waals surface area contributed by atoms with Gasteiger partial charge in [0.1, 0.15) is 6.61 Å². The number of methoxy groups -OCH3 is 1. The van der Waals surface area contributed by atoms with Crippen molar-refractivity contribution < 1.29 is 27.5 Å². The zero-order valence-electron chi connectivity index (χ0n) is 22.9. The summed E-state index contributed by atoms with van der Waals surface area (Å²) in [4.78, 5) is 31.7. The van der Waals surface area contributed by atoms with Gasteiger partial charge in [0, 0.05) is 44.0 Å². The average Bonchev–Trinajstić information content (AvgIpc) is 2.99. The van der Waals surface area contributed by atoms with Crippen molar-refractivity contribution in [3.05, 3.63) is 65.5 Å². The fourth-order valence-electron chi connectivity index (χ4n) is 5.46. The number of esters is 1. The Balaban J connectivity index is 1.38. The summed E-state index contributed by atoms with van der Waals surface area (Å²) in [6.45, 7) is 3.10. The lowest BCUT2D eigenvalue weighted by Gasteiger charge is -2.42. The van der Waals surface area contributed by atoms with Crippen LogP contribution in [-0.4, -0.2) is 72.7 Å². The average molecular weight is 558 g/mol. The minimum atomic E-state index is -4.03. The van der Waals surface area contributed by atoms with E-state index in [1.54, 1.807) is 0 Å². The van der Waals surface area contributed by atoms with Gasteiger partial charge in [-0.1, -0.05) is 49.7 Å². The molecule has 4 rings (SSSR count). The maximum Gasteiger partial charge on any atom is 0.410 e. The zero-order chi connectivity index (χ0) is 27.9. The predicted molar refractivity (Wildman–Crippen MR) is 147 cm³/mol. The summed E-state index contributed by atoms with van der Waals surface area (Å²) in [5.41, 5.74) is 3.06. The van der Waals surface area contributed by atoms with Gasteiger partial charge in [-0.15, -0.1) is 0 Å². The Kier molecular flexibility index (Phi) is 9.61. The number of unbranched alkanes of at least 4 members (excludes halogenated alkanes) is 1. The fraction of sp³-hybridized carbons (Fsp3) is 0.552. The Morgan fingerprint density at radius 3 is 2.28 bits per heavy atom. The van der Waals surface area contributed by atoms with Crippen molar-refractivity contribution in [2.45, 2.75) is 69.1 Å². The van der Waals surface area contributed by atoms with Gasteiger partial charge in [0.2, 0.25) is 10.0 Å². The Morgan fingerprint density at radius 2 is 1.69 bits per heavy atom. The maximum absolute atomic E-state index is 13.9. The van der Waals surface area contributed by atoms with E-state index in [0.29, 0.717) is 25.9 Å². The number of carbonyl (C=O) groups excluding carboxylic acids is 2. The number of aryl methyl sites for hydroxylation is 1. The number of carbonyl (C=O) groups is 2. The van der Waals surface area contributed by atoms with E-state index in [-0.39, 0.29) is 38.5 Å². The highest BCUT2D eigenvalue weighted by Crippen LogP contribution is 2.38. The normalized spacial score (nSPS) is 18.5. The van der Waals surface area contributed by atoms with Crippen LogP contribution in [0.2, 0.25) is 0 Å². The maximum atomic E-state index is 13.9. The van der Waals surface area contributed by atoms with Gasteiger partial charge in [0.25, 0.3) is 0 Å². The molecule has 0 aliphatic carbocycles. The Morgan fingerprint density at radius 1 is 1.00 bits per heavy atom. The number of hydrogen-bond acceptors (Lipinski definition) is 7. The molecular weight excluding hydrogens is 518 g/mol. The van der Waals surface area contributed by atoms with E-state index in [1.165, 1.54) is 21.9 Å². The first-order valence-electron chi connectivity index (χ1n) is 13.8. The molecule has 212 valence electrons. The van der Waals surface area contributed by atoms with E-state index in [1.807, 2.05) is 36.5 Å². The van der Waals surface area contributed by atoms with Gasteiger partial charge < -0.3 is 14.4 Å². The van der Waals surface area contributed by atoms with Crippen LogP contribution in [0.3, 0.4) is 0 Å². The molecule has 0 radical (unpaired) electrons. The van der Waals surface area contributed by atoms with Crippen molar-refractivity contribution in [3.8, 4) is 0 Å². The molecule has 2 aromatic rings. The molecule has 0 spiro atoms. The van der Waals surface area contributed by atoms with Gasteiger partial charge in [-0.25, -0.2) is 17.5 Å². The molecule has 10 heteroatoms. The summed E-state index contributed by atoms with van der Waals surface area (Å²) < 4.78 is 38.0. The molecule has 0 saturated carbocycles. The van der Waals surface area contributed by atoms with Crippen molar-refractivity contribution in [2.75, 3.05) is 33.3 Å². The number of rotatable bonds is 9.